The Bertz CT molecular complexity index is 767. The van der Waals surface area contributed by atoms with Gasteiger partial charge < -0.3 is 10.5 Å². The molecule has 3 aromatic rings. The van der Waals surface area contributed by atoms with Crippen LogP contribution in [-0.4, -0.2) is 26.9 Å². The Hall–Kier alpha value is -2.89. The molecular formula is C15H15N5O. The first-order chi connectivity index (χ1) is 10.2. The van der Waals surface area contributed by atoms with Gasteiger partial charge in [-0.25, -0.2) is 4.98 Å². The number of nitrogens with two attached hydrogens (primary N) is 1. The second-order valence-corrected chi connectivity index (χ2v) is 4.51. The lowest BCUT2D eigenvalue weighted by atomic mass is 10.1. The largest absolute Gasteiger partial charge is 0.481 e. The van der Waals surface area contributed by atoms with Crippen LogP contribution in [0.15, 0.2) is 42.7 Å². The van der Waals surface area contributed by atoms with Crippen LogP contribution in [0.4, 0.5) is 5.82 Å². The van der Waals surface area contributed by atoms with Crippen molar-refractivity contribution in [2.24, 2.45) is 7.05 Å². The SMILES string of the molecule is COc1ncccc1-c1nn(C)c(N)c1-c1ccccn1. The Morgan fingerprint density at radius 1 is 1.10 bits per heavy atom. The average molecular weight is 281 g/mol. The summed E-state index contributed by atoms with van der Waals surface area (Å²) in [6.45, 7) is 0. The molecule has 0 amide bonds. The van der Waals surface area contributed by atoms with Gasteiger partial charge in [-0.3, -0.25) is 9.67 Å². The van der Waals surface area contributed by atoms with E-state index < -0.39 is 0 Å². The summed E-state index contributed by atoms with van der Waals surface area (Å²) in [5.74, 6) is 1.06. The molecule has 3 rings (SSSR count). The van der Waals surface area contributed by atoms with Crippen molar-refractivity contribution in [1.82, 2.24) is 19.7 Å². The molecule has 0 radical (unpaired) electrons. The number of aryl methyl sites for hydroxylation is 1. The molecule has 0 saturated carbocycles. The number of anilines is 1. The van der Waals surface area contributed by atoms with Crippen LogP contribution in [0.5, 0.6) is 5.88 Å². The van der Waals surface area contributed by atoms with Crippen LogP contribution in [0.1, 0.15) is 0 Å². The minimum absolute atomic E-state index is 0.507. The third-order valence-electron chi connectivity index (χ3n) is 3.23. The van der Waals surface area contributed by atoms with Crippen molar-refractivity contribution in [2.45, 2.75) is 0 Å². The van der Waals surface area contributed by atoms with E-state index in [0.29, 0.717) is 17.4 Å². The molecule has 6 heteroatoms. The van der Waals surface area contributed by atoms with Crippen LogP contribution in [0.2, 0.25) is 0 Å². The van der Waals surface area contributed by atoms with Gasteiger partial charge in [0.1, 0.15) is 11.5 Å². The molecule has 106 valence electrons. The van der Waals surface area contributed by atoms with E-state index in [1.165, 1.54) is 0 Å². The van der Waals surface area contributed by atoms with E-state index in [4.69, 9.17) is 10.5 Å². The summed E-state index contributed by atoms with van der Waals surface area (Å²) in [6.07, 6.45) is 3.40. The monoisotopic (exact) mass is 281 g/mol. The van der Waals surface area contributed by atoms with Crippen LogP contribution in [0.25, 0.3) is 22.5 Å². The molecule has 21 heavy (non-hydrogen) atoms. The van der Waals surface area contributed by atoms with Gasteiger partial charge in [0.25, 0.3) is 0 Å². The van der Waals surface area contributed by atoms with Crippen molar-refractivity contribution in [3.8, 4) is 28.4 Å². The number of rotatable bonds is 3. The molecule has 3 heterocycles. The van der Waals surface area contributed by atoms with Crippen LogP contribution < -0.4 is 10.5 Å². The van der Waals surface area contributed by atoms with Crippen molar-refractivity contribution in [3.63, 3.8) is 0 Å². The zero-order valence-electron chi connectivity index (χ0n) is 11.8. The first kappa shape index (κ1) is 13.1. The predicted octanol–water partition coefficient (Wildman–Crippen LogP) is 2.13. The second kappa shape index (κ2) is 5.24. The molecule has 0 aromatic carbocycles. The van der Waals surface area contributed by atoms with Crippen LogP contribution in [0.3, 0.4) is 0 Å². The molecule has 0 bridgehead atoms. The minimum atomic E-state index is 0.507. The summed E-state index contributed by atoms with van der Waals surface area (Å²) >= 11 is 0. The van der Waals surface area contributed by atoms with E-state index in [9.17, 15) is 0 Å². The maximum absolute atomic E-state index is 6.16. The van der Waals surface area contributed by atoms with E-state index in [0.717, 1.165) is 16.8 Å². The van der Waals surface area contributed by atoms with Gasteiger partial charge in [0.05, 0.1) is 23.9 Å². The molecule has 0 atom stereocenters. The molecule has 0 unspecified atom stereocenters. The lowest BCUT2D eigenvalue weighted by Crippen LogP contribution is -1.98. The highest BCUT2D eigenvalue weighted by atomic mass is 16.5. The fourth-order valence-corrected chi connectivity index (χ4v) is 2.22. The molecule has 3 aromatic heterocycles. The Balaban J connectivity index is 2.27. The van der Waals surface area contributed by atoms with Gasteiger partial charge in [0.2, 0.25) is 5.88 Å². The van der Waals surface area contributed by atoms with Crippen molar-refractivity contribution >= 4 is 5.82 Å². The number of methoxy groups -OCH3 is 1. The summed E-state index contributed by atoms with van der Waals surface area (Å²) in [7, 11) is 3.38. The number of nitrogens with zero attached hydrogens (tertiary/aromatic N) is 4. The molecule has 0 aliphatic rings. The number of hydrogen-bond donors (Lipinski definition) is 1. The van der Waals surface area contributed by atoms with Crippen molar-refractivity contribution in [2.75, 3.05) is 12.8 Å². The molecule has 2 N–H and O–H groups in total. The summed E-state index contributed by atoms with van der Waals surface area (Å²) in [5, 5.41) is 4.50. The number of pyridine rings is 2. The molecular weight excluding hydrogens is 266 g/mol. The van der Waals surface area contributed by atoms with Gasteiger partial charge in [-0.2, -0.15) is 5.10 Å². The third kappa shape index (κ3) is 2.20. The van der Waals surface area contributed by atoms with E-state index >= 15 is 0 Å². The van der Waals surface area contributed by atoms with Crippen molar-refractivity contribution < 1.29 is 4.74 Å². The van der Waals surface area contributed by atoms with E-state index in [2.05, 4.69) is 15.1 Å². The number of nitrogen functional groups attached to an aromatic ring is 1. The highest BCUT2D eigenvalue weighted by Crippen LogP contribution is 2.37. The highest BCUT2D eigenvalue weighted by molar-refractivity contribution is 5.87. The van der Waals surface area contributed by atoms with E-state index in [1.54, 1.807) is 31.2 Å². The normalized spacial score (nSPS) is 10.6. The molecule has 0 aliphatic heterocycles. The van der Waals surface area contributed by atoms with Gasteiger partial charge in [-0.15, -0.1) is 0 Å². The highest BCUT2D eigenvalue weighted by Gasteiger charge is 2.21. The number of ether oxygens (including phenoxy) is 1. The smallest absolute Gasteiger partial charge is 0.222 e. The molecule has 0 saturated heterocycles. The van der Waals surface area contributed by atoms with E-state index in [-0.39, 0.29) is 0 Å². The van der Waals surface area contributed by atoms with Crippen molar-refractivity contribution in [1.29, 1.82) is 0 Å². The summed E-state index contributed by atoms with van der Waals surface area (Å²) < 4.78 is 6.95. The standard InChI is InChI=1S/C15H15N5O/c1-20-14(16)12(11-7-3-4-8-17-11)13(19-20)10-6-5-9-18-15(10)21-2/h3-9H,16H2,1-2H3. The Labute approximate surface area is 122 Å². The lowest BCUT2D eigenvalue weighted by Gasteiger charge is -2.06. The minimum Gasteiger partial charge on any atom is -0.481 e. The lowest BCUT2D eigenvalue weighted by molar-refractivity contribution is 0.399. The predicted molar refractivity (Wildman–Crippen MR) is 80.6 cm³/mol. The van der Waals surface area contributed by atoms with Gasteiger partial charge >= 0.3 is 0 Å². The summed E-state index contributed by atoms with van der Waals surface area (Å²) in [6, 6.07) is 9.42. The van der Waals surface area contributed by atoms with Crippen molar-refractivity contribution in [3.05, 3.63) is 42.7 Å². The van der Waals surface area contributed by atoms with E-state index in [1.807, 2.05) is 30.3 Å². The van der Waals surface area contributed by atoms with Gasteiger partial charge in [0, 0.05) is 19.4 Å². The number of hydrogen-bond acceptors (Lipinski definition) is 5. The Morgan fingerprint density at radius 3 is 2.62 bits per heavy atom. The first-order valence-electron chi connectivity index (χ1n) is 6.45. The quantitative estimate of drug-likeness (QED) is 0.795. The second-order valence-electron chi connectivity index (χ2n) is 4.51. The fraction of sp³-hybridized carbons (Fsp3) is 0.133. The third-order valence-corrected chi connectivity index (χ3v) is 3.23. The number of aromatic nitrogens is 4. The average Bonchev–Trinajstić information content (AvgIpc) is 2.83. The van der Waals surface area contributed by atoms with Crippen LogP contribution in [-0.2, 0) is 7.05 Å². The first-order valence-corrected chi connectivity index (χ1v) is 6.45. The van der Waals surface area contributed by atoms with Gasteiger partial charge in [-0.05, 0) is 24.3 Å². The molecule has 6 nitrogen and oxygen atoms in total. The molecule has 0 fully saturated rings. The molecule has 0 aliphatic carbocycles. The van der Waals surface area contributed by atoms with Gasteiger partial charge in [0.15, 0.2) is 0 Å². The van der Waals surface area contributed by atoms with Crippen LogP contribution >= 0.6 is 0 Å². The maximum Gasteiger partial charge on any atom is 0.222 e. The van der Waals surface area contributed by atoms with Gasteiger partial charge in [-0.1, -0.05) is 6.07 Å². The van der Waals surface area contributed by atoms with Crippen LogP contribution in [0, 0.1) is 0 Å². The Morgan fingerprint density at radius 2 is 1.90 bits per heavy atom. The molecule has 0 spiro atoms. The maximum atomic E-state index is 6.16. The summed E-state index contributed by atoms with van der Waals surface area (Å²) in [4.78, 5) is 8.58. The Kier molecular flexibility index (Phi) is 3.27. The summed E-state index contributed by atoms with van der Waals surface area (Å²) in [5.41, 5.74) is 9.21. The zero-order valence-corrected chi connectivity index (χ0v) is 11.8. The fourth-order valence-electron chi connectivity index (χ4n) is 2.22. The topological polar surface area (TPSA) is 78.9 Å². The zero-order chi connectivity index (χ0) is 14.8.